The van der Waals surface area contributed by atoms with E-state index in [9.17, 15) is 4.79 Å². The number of carbonyl (C=O) groups is 1. The summed E-state index contributed by atoms with van der Waals surface area (Å²) in [5.41, 5.74) is 3.47. The first-order chi connectivity index (χ1) is 11.4. The topological polar surface area (TPSA) is 38.3 Å². The fourth-order valence-corrected chi connectivity index (χ4v) is 2.68. The lowest BCUT2D eigenvalue weighted by molar-refractivity contribution is -0.127. The molecule has 2 aromatic carbocycles. The molecule has 0 spiro atoms. The van der Waals surface area contributed by atoms with E-state index >= 15 is 0 Å². The standard InChI is InChI=1S/C20H24ClNO2/c1-14-11-15(2)13-19(12-14)24-16(3)20(23)22-10-4-5-17-6-8-18(21)9-7-17/h6-9,11-13,16H,4-5,10H2,1-3H3,(H,22,23). The van der Waals surface area contributed by atoms with E-state index in [1.807, 2.05) is 50.2 Å². The predicted octanol–water partition coefficient (Wildman–Crippen LogP) is 4.47. The lowest BCUT2D eigenvalue weighted by atomic mass is 10.1. The SMILES string of the molecule is Cc1cc(C)cc(OC(C)C(=O)NCCCc2ccc(Cl)cc2)c1. The van der Waals surface area contributed by atoms with Crippen LogP contribution in [0.5, 0.6) is 5.75 Å². The maximum atomic E-state index is 12.1. The first-order valence-electron chi connectivity index (χ1n) is 8.21. The quantitative estimate of drug-likeness (QED) is 0.752. The number of nitrogens with one attached hydrogen (secondary N) is 1. The van der Waals surface area contributed by atoms with Crippen molar-refractivity contribution < 1.29 is 9.53 Å². The van der Waals surface area contributed by atoms with Gasteiger partial charge in [0.25, 0.3) is 5.91 Å². The van der Waals surface area contributed by atoms with Crippen molar-refractivity contribution in [2.45, 2.75) is 39.7 Å². The van der Waals surface area contributed by atoms with Gasteiger partial charge < -0.3 is 10.1 Å². The van der Waals surface area contributed by atoms with E-state index in [0.29, 0.717) is 6.54 Å². The highest BCUT2D eigenvalue weighted by Gasteiger charge is 2.14. The third-order valence-electron chi connectivity index (χ3n) is 3.73. The molecule has 2 aromatic rings. The molecule has 4 heteroatoms. The van der Waals surface area contributed by atoms with Crippen LogP contribution in [0.25, 0.3) is 0 Å². The summed E-state index contributed by atoms with van der Waals surface area (Å²) in [6, 6.07) is 13.7. The van der Waals surface area contributed by atoms with Crippen LogP contribution in [-0.4, -0.2) is 18.6 Å². The average molecular weight is 346 g/mol. The van der Waals surface area contributed by atoms with Gasteiger partial charge in [-0.1, -0.05) is 29.8 Å². The maximum absolute atomic E-state index is 12.1. The first kappa shape index (κ1) is 18.3. The monoisotopic (exact) mass is 345 g/mol. The van der Waals surface area contributed by atoms with Crippen molar-refractivity contribution >= 4 is 17.5 Å². The van der Waals surface area contributed by atoms with Crippen LogP contribution < -0.4 is 10.1 Å². The summed E-state index contributed by atoms with van der Waals surface area (Å²) >= 11 is 5.86. The molecule has 0 heterocycles. The fourth-order valence-electron chi connectivity index (χ4n) is 2.56. The molecule has 1 unspecified atom stereocenters. The predicted molar refractivity (Wildman–Crippen MR) is 98.8 cm³/mol. The Kier molecular flexibility index (Phi) is 6.68. The second-order valence-electron chi connectivity index (χ2n) is 6.10. The number of aryl methyl sites for hydroxylation is 3. The fraction of sp³-hybridized carbons (Fsp3) is 0.350. The zero-order chi connectivity index (χ0) is 17.5. The van der Waals surface area contributed by atoms with Crippen molar-refractivity contribution in [3.05, 3.63) is 64.2 Å². The highest BCUT2D eigenvalue weighted by molar-refractivity contribution is 6.30. The Hall–Kier alpha value is -2.00. The van der Waals surface area contributed by atoms with Crippen molar-refractivity contribution in [1.29, 1.82) is 0 Å². The molecule has 0 fully saturated rings. The van der Waals surface area contributed by atoms with Gasteiger partial charge in [-0.2, -0.15) is 0 Å². The zero-order valence-corrected chi connectivity index (χ0v) is 15.2. The second kappa shape index (κ2) is 8.74. The Morgan fingerprint density at radius 2 is 1.75 bits per heavy atom. The van der Waals surface area contributed by atoms with Crippen LogP contribution in [-0.2, 0) is 11.2 Å². The molecule has 0 aliphatic rings. The molecule has 24 heavy (non-hydrogen) atoms. The molecule has 1 N–H and O–H groups in total. The minimum Gasteiger partial charge on any atom is -0.481 e. The summed E-state index contributed by atoms with van der Waals surface area (Å²) in [5.74, 6) is 0.640. The Morgan fingerprint density at radius 1 is 1.12 bits per heavy atom. The first-order valence-corrected chi connectivity index (χ1v) is 8.59. The lowest BCUT2D eigenvalue weighted by Gasteiger charge is -2.15. The van der Waals surface area contributed by atoms with Gasteiger partial charge in [0.2, 0.25) is 0 Å². The number of hydrogen-bond acceptors (Lipinski definition) is 2. The molecule has 0 aliphatic heterocycles. The molecule has 0 saturated heterocycles. The van der Waals surface area contributed by atoms with E-state index in [2.05, 4.69) is 11.4 Å². The number of ether oxygens (including phenoxy) is 1. The number of halogens is 1. The molecular formula is C20H24ClNO2. The Bertz CT molecular complexity index is 662. The third kappa shape index (κ3) is 5.89. The van der Waals surface area contributed by atoms with Gasteiger partial charge in [-0.05, 0) is 74.6 Å². The molecule has 0 radical (unpaired) electrons. The highest BCUT2D eigenvalue weighted by Crippen LogP contribution is 2.17. The summed E-state index contributed by atoms with van der Waals surface area (Å²) in [4.78, 5) is 12.1. The number of hydrogen-bond donors (Lipinski definition) is 1. The molecule has 0 saturated carbocycles. The summed E-state index contributed by atoms with van der Waals surface area (Å²) in [5, 5.41) is 3.66. The van der Waals surface area contributed by atoms with E-state index in [1.165, 1.54) is 5.56 Å². The minimum absolute atomic E-state index is 0.0923. The normalized spacial score (nSPS) is 11.8. The van der Waals surface area contributed by atoms with Gasteiger partial charge >= 0.3 is 0 Å². The van der Waals surface area contributed by atoms with Crippen LogP contribution >= 0.6 is 11.6 Å². The number of rotatable bonds is 7. The number of carbonyl (C=O) groups excluding carboxylic acids is 1. The van der Waals surface area contributed by atoms with Crippen LogP contribution in [0.2, 0.25) is 5.02 Å². The Morgan fingerprint density at radius 3 is 2.38 bits per heavy atom. The van der Waals surface area contributed by atoms with E-state index in [0.717, 1.165) is 34.7 Å². The number of amides is 1. The molecule has 0 aromatic heterocycles. The van der Waals surface area contributed by atoms with Gasteiger partial charge in [-0.25, -0.2) is 0 Å². The molecular weight excluding hydrogens is 322 g/mol. The summed E-state index contributed by atoms with van der Waals surface area (Å²) < 4.78 is 5.74. The zero-order valence-electron chi connectivity index (χ0n) is 14.4. The van der Waals surface area contributed by atoms with Gasteiger partial charge in [0, 0.05) is 11.6 Å². The summed E-state index contributed by atoms with van der Waals surface area (Å²) in [7, 11) is 0. The van der Waals surface area contributed by atoms with Gasteiger partial charge in [0.1, 0.15) is 5.75 Å². The van der Waals surface area contributed by atoms with E-state index in [4.69, 9.17) is 16.3 Å². The van der Waals surface area contributed by atoms with Gasteiger partial charge in [-0.15, -0.1) is 0 Å². The van der Waals surface area contributed by atoms with Crippen LogP contribution in [0.3, 0.4) is 0 Å². The van der Waals surface area contributed by atoms with Crippen molar-refractivity contribution in [3.63, 3.8) is 0 Å². The third-order valence-corrected chi connectivity index (χ3v) is 3.98. The van der Waals surface area contributed by atoms with Crippen LogP contribution in [0.4, 0.5) is 0 Å². The molecule has 0 bridgehead atoms. The maximum Gasteiger partial charge on any atom is 0.260 e. The van der Waals surface area contributed by atoms with Crippen molar-refractivity contribution in [2.24, 2.45) is 0 Å². The minimum atomic E-state index is -0.512. The Labute approximate surface area is 149 Å². The van der Waals surface area contributed by atoms with Crippen LogP contribution in [0.1, 0.15) is 30.0 Å². The van der Waals surface area contributed by atoms with Crippen molar-refractivity contribution in [1.82, 2.24) is 5.32 Å². The summed E-state index contributed by atoms with van der Waals surface area (Å²) in [6.45, 7) is 6.43. The second-order valence-corrected chi connectivity index (χ2v) is 6.54. The van der Waals surface area contributed by atoms with E-state index in [1.54, 1.807) is 6.92 Å². The number of benzene rings is 2. The average Bonchev–Trinajstić information content (AvgIpc) is 2.52. The lowest BCUT2D eigenvalue weighted by Crippen LogP contribution is -2.37. The van der Waals surface area contributed by atoms with E-state index < -0.39 is 6.10 Å². The van der Waals surface area contributed by atoms with Crippen molar-refractivity contribution in [2.75, 3.05) is 6.54 Å². The molecule has 0 aliphatic carbocycles. The molecule has 1 amide bonds. The van der Waals surface area contributed by atoms with Gasteiger partial charge in [0.05, 0.1) is 0 Å². The molecule has 3 nitrogen and oxygen atoms in total. The largest absolute Gasteiger partial charge is 0.481 e. The molecule has 128 valence electrons. The van der Waals surface area contributed by atoms with Gasteiger partial charge in [0.15, 0.2) is 6.10 Å². The van der Waals surface area contributed by atoms with E-state index in [-0.39, 0.29) is 5.91 Å². The smallest absolute Gasteiger partial charge is 0.260 e. The van der Waals surface area contributed by atoms with Gasteiger partial charge in [-0.3, -0.25) is 4.79 Å². The summed E-state index contributed by atoms with van der Waals surface area (Å²) in [6.07, 6.45) is 1.27. The van der Waals surface area contributed by atoms with Crippen molar-refractivity contribution in [3.8, 4) is 5.75 Å². The van der Waals surface area contributed by atoms with Crippen LogP contribution in [0.15, 0.2) is 42.5 Å². The van der Waals surface area contributed by atoms with Crippen LogP contribution in [0, 0.1) is 13.8 Å². The molecule has 1 atom stereocenters. The molecule has 2 rings (SSSR count). The highest BCUT2D eigenvalue weighted by atomic mass is 35.5. The Balaban J connectivity index is 1.74.